The first-order valence-electron chi connectivity index (χ1n) is 7.11. The summed E-state index contributed by atoms with van der Waals surface area (Å²) in [6.07, 6.45) is 2.59. The molecule has 1 atom stereocenters. The van der Waals surface area contributed by atoms with Gasteiger partial charge in [-0.1, -0.05) is 5.16 Å². The van der Waals surface area contributed by atoms with Crippen molar-refractivity contribution in [2.75, 3.05) is 38.4 Å². The molecule has 0 spiro atoms. The summed E-state index contributed by atoms with van der Waals surface area (Å²) in [6.45, 7) is 5.33. The van der Waals surface area contributed by atoms with Crippen LogP contribution in [0, 0.1) is 0 Å². The normalized spacial score (nSPS) is 20.4. The molecule has 3 heterocycles. The van der Waals surface area contributed by atoms with Gasteiger partial charge < -0.3 is 14.8 Å². The van der Waals surface area contributed by atoms with Crippen LogP contribution in [-0.2, 0) is 4.57 Å². The maximum absolute atomic E-state index is 12.0. The van der Waals surface area contributed by atoms with Crippen molar-refractivity contribution in [3.8, 4) is 11.5 Å². The number of hydrogen-bond acceptors (Lipinski definition) is 9. The van der Waals surface area contributed by atoms with E-state index in [-0.39, 0.29) is 23.3 Å². The summed E-state index contributed by atoms with van der Waals surface area (Å²) in [7, 11) is -2.08. The standard InChI is InChI=1S/C12H19N6O3P/c1-22(2,19)7-18-5-3-4-8(6-18)12-14-11(17-20-12)9-10(13)16-21-15-9/h8H,3-7H2,1-2H3,(H2,13,16). The molecule has 1 aliphatic heterocycles. The van der Waals surface area contributed by atoms with E-state index in [2.05, 4.69) is 30.0 Å². The van der Waals surface area contributed by atoms with E-state index in [1.807, 2.05) is 13.3 Å². The maximum Gasteiger partial charge on any atom is 0.231 e. The largest absolute Gasteiger partial charge is 0.379 e. The average molecular weight is 326 g/mol. The Morgan fingerprint density at radius 2 is 2.18 bits per heavy atom. The highest BCUT2D eigenvalue weighted by Crippen LogP contribution is 2.38. The highest BCUT2D eigenvalue weighted by molar-refractivity contribution is 7.62. The zero-order valence-electron chi connectivity index (χ0n) is 12.6. The Balaban J connectivity index is 1.73. The first-order valence-corrected chi connectivity index (χ1v) is 9.89. The second kappa shape index (κ2) is 5.81. The first-order chi connectivity index (χ1) is 10.4. The zero-order valence-corrected chi connectivity index (χ0v) is 13.5. The van der Waals surface area contributed by atoms with Gasteiger partial charge >= 0.3 is 0 Å². The third kappa shape index (κ3) is 3.36. The molecule has 1 fully saturated rings. The molecule has 22 heavy (non-hydrogen) atoms. The summed E-state index contributed by atoms with van der Waals surface area (Å²) in [5.41, 5.74) is 5.91. The van der Waals surface area contributed by atoms with Crippen molar-refractivity contribution in [2.24, 2.45) is 0 Å². The van der Waals surface area contributed by atoms with Crippen molar-refractivity contribution in [1.29, 1.82) is 0 Å². The van der Waals surface area contributed by atoms with Crippen LogP contribution >= 0.6 is 7.14 Å². The monoisotopic (exact) mass is 326 g/mol. The Kier molecular flexibility index (Phi) is 4.01. The van der Waals surface area contributed by atoms with E-state index in [1.165, 1.54) is 0 Å². The molecular formula is C12H19N6O3P. The lowest BCUT2D eigenvalue weighted by Gasteiger charge is -2.31. The minimum absolute atomic E-state index is 0.127. The SMILES string of the molecule is CP(C)(=O)CN1CCCC(c2nc(-c3nonc3N)no2)C1. The van der Waals surface area contributed by atoms with Gasteiger partial charge in [-0.2, -0.15) is 4.98 Å². The fraction of sp³-hybridized carbons (Fsp3) is 0.667. The summed E-state index contributed by atoms with van der Waals surface area (Å²) in [5.74, 6) is 1.09. The van der Waals surface area contributed by atoms with E-state index >= 15 is 0 Å². The molecule has 0 aromatic carbocycles. The summed E-state index contributed by atoms with van der Waals surface area (Å²) in [4.78, 5) is 6.55. The summed E-state index contributed by atoms with van der Waals surface area (Å²) < 4.78 is 21.9. The zero-order chi connectivity index (χ0) is 15.7. The van der Waals surface area contributed by atoms with Crippen molar-refractivity contribution in [3.63, 3.8) is 0 Å². The highest BCUT2D eigenvalue weighted by Gasteiger charge is 2.28. The molecule has 120 valence electrons. The van der Waals surface area contributed by atoms with Gasteiger partial charge in [0.05, 0.1) is 19.3 Å². The molecule has 0 radical (unpaired) electrons. The van der Waals surface area contributed by atoms with E-state index in [1.54, 1.807) is 0 Å². The molecule has 10 heteroatoms. The predicted octanol–water partition coefficient (Wildman–Crippen LogP) is 1.46. The molecule has 2 N–H and O–H groups in total. The molecule has 0 aliphatic carbocycles. The van der Waals surface area contributed by atoms with Crippen molar-refractivity contribution < 1.29 is 13.7 Å². The van der Waals surface area contributed by atoms with E-state index < -0.39 is 7.14 Å². The Morgan fingerprint density at radius 1 is 1.36 bits per heavy atom. The fourth-order valence-electron chi connectivity index (χ4n) is 2.72. The quantitative estimate of drug-likeness (QED) is 0.831. The Labute approximate surface area is 127 Å². The van der Waals surface area contributed by atoms with E-state index in [9.17, 15) is 4.57 Å². The summed E-state index contributed by atoms with van der Waals surface area (Å²) in [6, 6.07) is 0. The number of rotatable bonds is 4. The van der Waals surface area contributed by atoms with Crippen LogP contribution in [0.2, 0.25) is 0 Å². The summed E-state index contributed by atoms with van der Waals surface area (Å²) >= 11 is 0. The van der Waals surface area contributed by atoms with Gasteiger partial charge in [-0.25, -0.2) is 4.63 Å². The molecular weight excluding hydrogens is 307 g/mol. The first kappa shape index (κ1) is 15.2. The molecule has 0 saturated carbocycles. The number of piperidine rings is 1. The van der Waals surface area contributed by atoms with Crippen molar-refractivity contribution in [1.82, 2.24) is 25.4 Å². The Bertz CT molecular complexity index is 693. The smallest absolute Gasteiger partial charge is 0.231 e. The number of anilines is 1. The number of nitrogens with zero attached hydrogens (tertiary/aromatic N) is 5. The van der Waals surface area contributed by atoms with Gasteiger partial charge in [0.1, 0.15) is 0 Å². The molecule has 0 bridgehead atoms. The average Bonchev–Trinajstić information content (AvgIpc) is 3.05. The van der Waals surface area contributed by atoms with Gasteiger partial charge in [0.25, 0.3) is 0 Å². The van der Waals surface area contributed by atoms with Gasteiger partial charge in [0, 0.05) is 6.54 Å². The van der Waals surface area contributed by atoms with Gasteiger partial charge in [-0.05, 0) is 43.0 Å². The predicted molar refractivity (Wildman–Crippen MR) is 79.9 cm³/mol. The Hall–Kier alpha value is -1.73. The minimum Gasteiger partial charge on any atom is -0.379 e. The fourth-order valence-corrected chi connectivity index (χ4v) is 3.94. The van der Waals surface area contributed by atoms with Crippen molar-refractivity contribution in [3.05, 3.63) is 5.89 Å². The van der Waals surface area contributed by atoms with E-state index in [4.69, 9.17) is 10.3 Å². The lowest BCUT2D eigenvalue weighted by molar-refractivity contribution is 0.209. The maximum atomic E-state index is 12.0. The number of hydrogen-bond donors (Lipinski definition) is 1. The number of likely N-dealkylation sites (tertiary alicyclic amines) is 1. The van der Waals surface area contributed by atoms with Crippen LogP contribution in [0.3, 0.4) is 0 Å². The number of nitrogens with two attached hydrogens (primary N) is 1. The highest BCUT2D eigenvalue weighted by atomic mass is 31.2. The van der Waals surface area contributed by atoms with Crippen molar-refractivity contribution in [2.45, 2.75) is 18.8 Å². The van der Waals surface area contributed by atoms with Crippen molar-refractivity contribution >= 4 is 13.0 Å². The van der Waals surface area contributed by atoms with Gasteiger partial charge in [-0.3, -0.25) is 4.90 Å². The van der Waals surface area contributed by atoms with Gasteiger partial charge in [0.2, 0.25) is 11.7 Å². The second-order valence-electron chi connectivity index (χ2n) is 6.09. The molecule has 2 aromatic rings. The number of aromatic nitrogens is 4. The Morgan fingerprint density at radius 3 is 2.86 bits per heavy atom. The van der Waals surface area contributed by atoms with Crippen LogP contribution in [0.25, 0.3) is 11.5 Å². The second-order valence-corrected chi connectivity index (χ2v) is 9.52. The number of nitrogen functional groups attached to an aromatic ring is 1. The van der Waals surface area contributed by atoms with Crippen LogP contribution in [0.15, 0.2) is 9.15 Å². The van der Waals surface area contributed by atoms with Crippen LogP contribution < -0.4 is 5.73 Å². The topological polar surface area (TPSA) is 124 Å². The van der Waals surface area contributed by atoms with Crippen LogP contribution in [0.4, 0.5) is 5.82 Å². The molecule has 0 amide bonds. The van der Waals surface area contributed by atoms with E-state index in [0.29, 0.717) is 12.2 Å². The van der Waals surface area contributed by atoms with Gasteiger partial charge in [-0.15, -0.1) is 0 Å². The molecule has 1 unspecified atom stereocenters. The molecule has 1 saturated heterocycles. The molecule has 9 nitrogen and oxygen atoms in total. The third-order valence-corrected chi connectivity index (χ3v) is 4.64. The molecule has 3 rings (SSSR count). The summed E-state index contributed by atoms with van der Waals surface area (Å²) in [5, 5.41) is 11.1. The lowest BCUT2D eigenvalue weighted by Crippen LogP contribution is -2.35. The molecule has 1 aliphatic rings. The van der Waals surface area contributed by atoms with Crippen LogP contribution in [0.5, 0.6) is 0 Å². The third-order valence-electron chi connectivity index (χ3n) is 3.56. The minimum atomic E-state index is -2.08. The lowest BCUT2D eigenvalue weighted by atomic mass is 9.98. The molecule has 2 aromatic heterocycles. The van der Waals surface area contributed by atoms with Crippen LogP contribution in [0.1, 0.15) is 24.7 Å². The van der Waals surface area contributed by atoms with Gasteiger partial charge in [0.15, 0.2) is 11.5 Å². The van der Waals surface area contributed by atoms with Crippen LogP contribution in [-0.4, -0.2) is 58.1 Å². The van der Waals surface area contributed by atoms with E-state index in [0.717, 1.165) is 25.9 Å².